The van der Waals surface area contributed by atoms with Gasteiger partial charge in [-0.05, 0) is 97.9 Å². The molecule has 2 aromatic rings. The Morgan fingerprint density at radius 1 is 1.10 bits per heavy atom. The molecule has 0 aromatic heterocycles. The van der Waals surface area contributed by atoms with Crippen molar-refractivity contribution in [1.29, 1.82) is 0 Å². The maximum Gasteiger partial charge on any atom is 0.481 e. The van der Waals surface area contributed by atoms with Crippen LogP contribution in [-0.2, 0) is 25.3 Å². The van der Waals surface area contributed by atoms with Crippen LogP contribution in [-0.4, -0.2) is 36.6 Å². The molecule has 3 aliphatic carbocycles. The number of fused-ring (bicyclic) bond motifs is 4. The molecule has 0 bridgehead atoms. The second-order valence-corrected chi connectivity index (χ2v) is 14.5. The molecule has 1 aliphatic heterocycles. The molecule has 1 heterocycles. The van der Waals surface area contributed by atoms with E-state index in [1.165, 1.54) is 18.4 Å². The Bertz CT molecular complexity index is 1340. The zero-order valence-corrected chi connectivity index (χ0v) is 26.1. The van der Waals surface area contributed by atoms with Gasteiger partial charge in [0.25, 0.3) is 0 Å². The van der Waals surface area contributed by atoms with Gasteiger partial charge >= 0.3 is 7.12 Å². The third-order valence-electron chi connectivity index (χ3n) is 10.5. The summed E-state index contributed by atoms with van der Waals surface area (Å²) in [5.41, 5.74) is 2.98. The lowest BCUT2D eigenvalue weighted by atomic mass is 9.62. The van der Waals surface area contributed by atoms with Crippen molar-refractivity contribution in [2.45, 2.75) is 109 Å². The van der Waals surface area contributed by atoms with E-state index in [0.29, 0.717) is 16.9 Å². The molecule has 2 saturated carbocycles. The minimum atomic E-state index is -0.512. The summed E-state index contributed by atoms with van der Waals surface area (Å²) in [5.74, 6) is 0.304. The van der Waals surface area contributed by atoms with Gasteiger partial charge in [0.15, 0.2) is 0 Å². The molecule has 7 unspecified atom stereocenters. The Kier molecular flexibility index (Phi) is 8.23. The zero-order valence-electron chi connectivity index (χ0n) is 25.3. The quantitative estimate of drug-likeness (QED) is 0.324. The molecule has 6 rings (SSSR count). The normalized spacial score (nSPS) is 31.0. The molecule has 4 aliphatic rings. The fourth-order valence-electron chi connectivity index (χ4n) is 8.26. The number of carbonyl (C=O) groups is 2. The van der Waals surface area contributed by atoms with Crippen LogP contribution in [0.1, 0.15) is 101 Å². The first kappa shape index (κ1) is 29.7. The van der Waals surface area contributed by atoms with Gasteiger partial charge < -0.3 is 19.9 Å². The lowest BCUT2D eigenvalue weighted by molar-refractivity contribution is -0.125. The Hall–Kier alpha value is -2.35. The highest BCUT2D eigenvalue weighted by molar-refractivity contribution is 6.48. The topological polar surface area (TPSA) is 76.7 Å². The first-order chi connectivity index (χ1) is 20.1. The van der Waals surface area contributed by atoms with Crippen molar-refractivity contribution in [2.75, 3.05) is 0 Å². The van der Waals surface area contributed by atoms with E-state index >= 15 is 0 Å². The van der Waals surface area contributed by atoms with Crippen LogP contribution in [0, 0.1) is 17.3 Å². The molecule has 3 fully saturated rings. The highest BCUT2D eigenvalue weighted by Crippen LogP contribution is 2.64. The third-order valence-corrected chi connectivity index (χ3v) is 10.7. The highest BCUT2D eigenvalue weighted by atomic mass is 35.5. The van der Waals surface area contributed by atoms with Crippen LogP contribution in [0.25, 0.3) is 0 Å². The standard InChI is InChI=1S/C34H44BClN2O4/c1-21(2)17-29(35-41-32-33(3)16-15-24(33)20-34(32,4)42-35)38-30(39)19-28(23-11-7-12-25(36)18-23)37-31(40)27-14-8-10-22-9-5-6-13-26(22)27/h5-7,9,11-13,18,21,24,27-29,32H,8,10,14-17,19-20H2,1-4H3,(H,37,40)(H,38,39). The summed E-state index contributed by atoms with van der Waals surface area (Å²) in [6.45, 7) is 8.82. The average molecular weight is 591 g/mol. The third kappa shape index (κ3) is 5.65. The van der Waals surface area contributed by atoms with Gasteiger partial charge in [-0.1, -0.05) is 68.8 Å². The summed E-state index contributed by atoms with van der Waals surface area (Å²) in [6.07, 6.45) is 7.07. The summed E-state index contributed by atoms with van der Waals surface area (Å²) in [7, 11) is -0.484. The smallest absolute Gasteiger partial charge is 0.403 e. The number of rotatable bonds is 9. The second kappa shape index (κ2) is 11.6. The number of carbonyl (C=O) groups excluding carboxylic acids is 2. The predicted molar refractivity (Wildman–Crippen MR) is 166 cm³/mol. The summed E-state index contributed by atoms with van der Waals surface area (Å²) >= 11 is 6.36. The summed E-state index contributed by atoms with van der Waals surface area (Å²) in [4.78, 5) is 27.4. The molecule has 6 nitrogen and oxygen atoms in total. The maximum atomic E-state index is 13.7. The van der Waals surface area contributed by atoms with Gasteiger partial charge in [0.2, 0.25) is 11.8 Å². The molecule has 0 radical (unpaired) electrons. The van der Waals surface area contributed by atoms with Crippen LogP contribution < -0.4 is 10.6 Å². The van der Waals surface area contributed by atoms with Gasteiger partial charge in [-0.25, -0.2) is 0 Å². The second-order valence-electron chi connectivity index (χ2n) is 14.0. The van der Waals surface area contributed by atoms with Gasteiger partial charge in [-0.2, -0.15) is 0 Å². The minimum Gasteiger partial charge on any atom is -0.403 e. The summed E-state index contributed by atoms with van der Waals surface area (Å²) in [6, 6.07) is 15.1. The van der Waals surface area contributed by atoms with E-state index in [2.05, 4.69) is 50.5 Å². The number of benzene rings is 2. The molecule has 0 spiro atoms. The van der Waals surface area contributed by atoms with Crippen LogP contribution in [0.5, 0.6) is 0 Å². The number of aryl methyl sites for hydroxylation is 1. The van der Waals surface area contributed by atoms with Crippen LogP contribution in [0.2, 0.25) is 5.02 Å². The monoisotopic (exact) mass is 590 g/mol. The largest absolute Gasteiger partial charge is 0.481 e. The van der Waals surface area contributed by atoms with E-state index in [9.17, 15) is 9.59 Å². The Labute approximate surface area is 255 Å². The highest BCUT2D eigenvalue weighted by Gasteiger charge is 2.68. The van der Waals surface area contributed by atoms with Crippen molar-refractivity contribution >= 4 is 30.5 Å². The van der Waals surface area contributed by atoms with E-state index in [0.717, 1.165) is 43.2 Å². The van der Waals surface area contributed by atoms with Crippen molar-refractivity contribution in [2.24, 2.45) is 17.3 Å². The van der Waals surface area contributed by atoms with Crippen LogP contribution in [0.15, 0.2) is 48.5 Å². The van der Waals surface area contributed by atoms with Crippen LogP contribution in [0.4, 0.5) is 0 Å². The SMILES string of the molecule is CC(C)CC(NC(=O)CC(NC(=O)C1CCCc2ccccc21)c1cccc(Cl)c1)B1OC2C(C)(CC3CCC32C)O1. The minimum absolute atomic E-state index is 0.0508. The lowest BCUT2D eigenvalue weighted by Gasteiger charge is -2.45. The Morgan fingerprint density at radius 2 is 1.90 bits per heavy atom. The molecule has 1 saturated heterocycles. The molecule has 2 aromatic carbocycles. The molecular weight excluding hydrogens is 547 g/mol. The first-order valence-corrected chi connectivity index (χ1v) is 16.2. The van der Waals surface area contributed by atoms with Gasteiger partial charge in [-0.15, -0.1) is 0 Å². The number of halogens is 1. The van der Waals surface area contributed by atoms with Crippen molar-refractivity contribution in [3.8, 4) is 0 Å². The van der Waals surface area contributed by atoms with Crippen LogP contribution in [0.3, 0.4) is 0 Å². The molecule has 2 amide bonds. The van der Waals surface area contributed by atoms with E-state index in [1.54, 1.807) is 6.07 Å². The first-order valence-electron chi connectivity index (χ1n) is 15.8. The van der Waals surface area contributed by atoms with Crippen molar-refractivity contribution < 1.29 is 18.9 Å². The van der Waals surface area contributed by atoms with Gasteiger partial charge in [0, 0.05) is 5.02 Å². The number of hydrogen-bond donors (Lipinski definition) is 2. The lowest BCUT2D eigenvalue weighted by Crippen LogP contribution is -2.51. The van der Waals surface area contributed by atoms with E-state index in [4.69, 9.17) is 20.9 Å². The molecular formula is C34H44BClN2O4. The van der Waals surface area contributed by atoms with Crippen molar-refractivity contribution in [3.63, 3.8) is 0 Å². The molecule has 2 N–H and O–H groups in total. The zero-order chi connectivity index (χ0) is 29.6. The molecule has 224 valence electrons. The molecule has 8 heteroatoms. The maximum absolute atomic E-state index is 13.7. The van der Waals surface area contributed by atoms with Gasteiger partial charge in [0.1, 0.15) is 0 Å². The summed E-state index contributed by atoms with van der Waals surface area (Å²) < 4.78 is 13.3. The predicted octanol–water partition coefficient (Wildman–Crippen LogP) is 6.56. The summed E-state index contributed by atoms with van der Waals surface area (Å²) in [5, 5.41) is 7.06. The average Bonchev–Trinajstić information content (AvgIpc) is 3.37. The van der Waals surface area contributed by atoms with Crippen LogP contribution >= 0.6 is 11.6 Å². The molecule has 7 atom stereocenters. The Morgan fingerprint density at radius 3 is 2.64 bits per heavy atom. The van der Waals surface area contributed by atoms with Gasteiger partial charge in [-0.3, -0.25) is 9.59 Å². The molecule has 42 heavy (non-hydrogen) atoms. The number of hydrogen-bond acceptors (Lipinski definition) is 4. The number of amides is 2. The van der Waals surface area contributed by atoms with Crippen molar-refractivity contribution in [1.82, 2.24) is 10.6 Å². The van der Waals surface area contributed by atoms with E-state index in [-0.39, 0.29) is 47.2 Å². The fourth-order valence-corrected chi connectivity index (χ4v) is 8.46. The van der Waals surface area contributed by atoms with E-state index < -0.39 is 13.2 Å². The van der Waals surface area contributed by atoms with E-state index in [1.807, 2.05) is 30.3 Å². The number of nitrogens with one attached hydrogen (secondary N) is 2. The fraction of sp³-hybridized carbons (Fsp3) is 0.588. The van der Waals surface area contributed by atoms with Gasteiger partial charge in [0.05, 0.1) is 36.0 Å². The van der Waals surface area contributed by atoms with Crippen molar-refractivity contribution in [3.05, 3.63) is 70.2 Å². The Balaban J connectivity index is 1.18.